The van der Waals surface area contributed by atoms with Crippen LogP contribution >= 0.6 is 48.8 Å². The summed E-state index contributed by atoms with van der Waals surface area (Å²) in [7, 11) is 0. The van der Waals surface area contributed by atoms with Crippen molar-refractivity contribution in [1.82, 2.24) is 4.98 Å². The molecule has 0 aliphatic carbocycles. The van der Waals surface area contributed by atoms with Gasteiger partial charge in [0.15, 0.2) is 0 Å². The summed E-state index contributed by atoms with van der Waals surface area (Å²) in [4.78, 5) is 3.90. The third-order valence-corrected chi connectivity index (χ3v) is 2.42. The van der Waals surface area contributed by atoms with Gasteiger partial charge in [-0.1, -0.05) is 15.9 Å². The molecule has 0 amide bonds. The van der Waals surface area contributed by atoms with Crippen LogP contribution in [0.5, 0.6) is 0 Å². The molecule has 0 aromatic carbocycles. The van der Waals surface area contributed by atoms with Gasteiger partial charge in [-0.2, -0.15) is 0 Å². The predicted octanol–water partition coefficient (Wildman–Crippen LogP) is 2.90. The summed E-state index contributed by atoms with van der Waals surface area (Å²) in [5.74, 6) is 0.553. The lowest BCUT2D eigenvalue weighted by Gasteiger charge is -1.98. The quantitative estimate of drug-likeness (QED) is 0.794. The van der Waals surface area contributed by atoms with Crippen LogP contribution in [0.3, 0.4) is 0 Å². The van der Waals surface area contributed by atoms with E-state index in [9.17, 15) is 0 Å². The minimum Gasteiger partial charge on any atom is -0.384 e. The van der Waals surface area contributed by atoms with E-state index in [-0.39, 0.29) is 17.0 Å². The highest BCUT2D eigenvalue weighted by atomic mass is 79.9. The summed E-state index contributed by atoms with van der Waals surface area (Å²) in [6, 6.07) is 1.83. The van der Waals surface area contributed by atoms with E-state index in [0.717, 1.165) is 15.4 Å². The zero-order valence-electron chi connectivity index (χ0n) is 5.55. The fourth-order valence-electron chi connectivity index (χ4n) is 0.601. The number of nitrogens with two attached hydrogens (primary N) is 1. The average Bonchev–Trinajstić information content (AvgIpc) is 1.94. The molecule has 1 aromatic rings. The van der Waals surface area contributed by atoms with Gasteiger partial charge >= 0.3 is 0 Å². The summed E-state index contributed by atoms with van der Waals surface area (Å²) in [5, 5.41) is 0.792. The second-order valence-corrected chi connectivity index (χ2v) is 3.25. The molecule has 0 spiro atoms. The lowest BCUT2D eigenvalue weighted by Crippen LogP contribution is -1.91. The van der Waals surface area contributed by atoms with Gasteiger partial charge in [0.2, 0.25) is 0 Å². The van der Waals surface area contributed by atoms with Gasteiger partial charge in [0.05, 0.1) is 0 Å². The van der Waals surface area contributed by atoms with Gasteiger partial charge in [-0.25, -0.2) is 4.98 Å². The lowest BCUT2D eigenvalue weighted by atomic mass is 10.3. The fraction of sp³-hybridized carbons (Fsp3) is 0.167. The minimum absolute atomic E-state index is 0. The molecular formula is C6H7Br3N2. The summed E-state index contributed by atoms with van der Waals surface area (Å²) in [5.41, 5.74) is 6.57. The van der Waals surface area contributed by atoms with E-state index in [1.165, 1.54) is 0 Å². The highest BCUT2D eigenvalue weighted by Gasteiger charge is 1.97. The molecule has 0 atom stereocenters. The van der Waals surface area contributed by atoms with Crippen molar-refractivity contribution >= 4 is 54.7 Å². The molecule has 0 aliphatic heterocycles. The number of alkyl halides is 1. The number of halogens is 3. The van der Waals surface area contributed by atoms with Crippen LogP contribution in [-0.4, -0.2) is 4.98 Å². The number of rotatable bonds is 1. The van der Waals surface area contributed by atoms with Crippen molar-refractivity contribution in [2.45, 2.75) is 5.33 Å². The monoisotopic (exact) mass is 344 g/mol. The second-order valence-electron chi connectivity index (χ2n) is 1.83. The molecule has 62 valence electrons. The molecule has 0 saturated heterocycles. The van der Waals surface area contributed by atoms with Gasteiger partial charge in [0.1, 0.15) is 5.82 Å². The zero-order valence-corrected chi connectivity index (χ0v) is 10.4. The molecule has 0 fully saturated rings. The highest BCUT2D eigenvalue weighted by Crippen LogP contribution is 2.19. The van der Waals surface area contributed by atoms with Crippen molar-refractivity contribution in [2.75, 3.05) is 5.73 Å². The zero-order chi connectivity index (χ0) is 7.56. The largest absolute Gasteiger partial charge is 0.384 e. The van der Waals surface area contributed by atoms with Crippen molar-refractivity contribution in [3.05, 3.63) is 22.3 Å². The third-order valence-electron chi connectivity index (χ3n) is 1.10. The fourth-order valence-corrected chi connectivity index (χ4v) is 1.80. The van der Waals surface area contributed by atoms with Crippen LogP contribution in [0.2, 0.25) is 0 Å². The van der Waals surface area contributed by atoms with E-state index in [4.69, 9.17) is 5.73 Å². The van der Waals surface area contributed by atoms with Gasteiger partial charge in [-0.15, -0.1) is 17.0 Å². The van der Waals surface area contributed by atoms with E-state index < -0.39 is 0 Å². The molecule has 5 heteroatoms. The number of nitrogens with zero attached hydrogens (tertiary/aromatic N) is 1. The normalized spacial score (nSPS) is 8.91. The number of hydrogen-bond acceptors (Lipinski definition) is 2. The average molecular weight is 347 g/mol. The Morgan fingerprint density at radius 3 is 2.64 bits per heavy atom. The molecule has 0 saturated carbocycles. The SMILES string of the molecule is Br.Nc1cc(CBr)c(Br)cn1. The molecule has 0 bridgehead atoms. The molecule has 0 radical (unpaired) electrons. The maximum atomic E-state index is 5.45. The molecule has 2 nitrogen and oxygen atoms in total. The van der Waals surface area contributed by atoms with E-state index in [2.05, 4.69) is 36.8 Å². The second kappa shape index (κ2) is 5.11. The first-order valence-corrected chi connectivity index (χ1v) is 4.61. The highest BCUT2D eigenvalue weighted by molar-refractivity contribution is 9.10. The van der Waals surface area contributed by atoms with E-state index in [0.29, 0.717) is 5.82 Å². The number of aromatic nitrogens is 1. The van der Waals surface area contributed by atoms with Crippen molar-refractivity contribution in [2.24, 2.45) is 0 Å². The summed E-state index contributed by atoms with van der Waals surface area (Å²) in [6.45, 7) is 0. The van der Waals surface area contributed by atoms with Crippen LogP contribution in [0.1, 0.15) is 5.56 Å². The van der Waals surface area contributed by atoms with Crippen LogP contribution in [0, 0.1) is 0 Å². The smallest absolute Gasteiger partial charge is 0.123 e. The number of pyridine rings is 1. The number of hydrogen-bond donors (Lipinski definition) is 1. The van der Waals surface area contributed by atoms with Crippen LogP contribution in [-0.2, 0) is 5.33 Å². The van der Waals surface area contributed by atoms with Gasteiger partial charge < -0.3 is 5.73 Å². The van der Waals surface area contributed by atoms with E-state index in [1.807, 2.05) is 6.07 Å². The Balaban J connectivity index is 0.000001000. The molecule has 2 N–H and O–H groups in total. The van der Waals surface area contributed by atoms with Gasteiger partial charge in [0, 0.05) is 16.0 Å². The molecule has 1 rings (SSSR count). The maximum absolute atomic E-state index is 5.45. The van der Waals surface area contributed by atoms with Gasteiger partial charge in [-0.05, 0) is 27.6 Å². The first-order valence-electron chi connectivity index (χ1n) is 2.70. The molecule has 1 heterocycles. The van der Waals surface area contributed by atoms with Crippen molar-refractivity contribution < 1.29 is 0 Å². The third kappa shape index (κ3) is 3.09. The topological polar surface area (TPSA) is 38.9 Å². The van der Waals surface area contributed by atoms with E-state index >= 15 is 0 Å². The molecular weight excluding hydrogens is 340 g/mol. The Morgan fingerprint density at radius 2 is 2.18 bits per heavy atom. The van der Waals surface area contributed by atoms with Gasteiger partial charge in [0.25, 0.3) is 0 Å². The van der Waals surface area contributed by atoms with Crippen molar-refractivity contribution in [3.8, 4) is 0 Å². The number of anilines is 1. The molecule has 11 heavy (non-hydrogen) atoms. The maximum Gasteiger partial charge on any atom is 0.123 e. The van der Waals surface area contributed by atoms with E-state index in [1.54, 1.807) is 6.20 Å². The molecule has 0 unspecified atom stereocenters. The summed E-state index contributed by atoms with van der Waals surface area (Å²) in [6.07, 6.45) is 1.70. The van der Waals surface area contributed by atoms with Crippen LogP contribution < -0.4 is 5.73 Å². The summed E-state index contributed by atoms with van der Waals surface area (Å²) >= 11 is 6.67. The Hall–Kier alpha value is 0.390. The first kappa shape index (κ1) is 11.4. The predicted molar refractivity (Wildman–Crippen MR) is 59.3 cm³/mol. The van der Waals surface area contributed by atoms with Crippen LogP contribution in [0.15, 0.2) is 16.7 Å². The Morgan fingerprint density at radius 1 is 1.55 bits per heavy atom. The number of nitrogen functional groups attached to an aromatic ring is 1. The minimum atomic E-state index is 0. The van der Waals surface area contributed by atoms with Crippen LogP contribution in [0.25, 0.3) is 0 Å². The molecule has 0 aliphatic rings. The summed E-state index contributed by atoms with van der Waals surface area (Å²) < 4.78 is 0.985. The van der Waals surface area contributed by atoms with Gasteiger partial charge in [-0.3, -0.25) is 0 Å². The Bertz CT molecular complexity index is 239. The Labute approximate surface area is 92.6 Å². The van der Waals surface area contributed by atoms with Crippen molar-refractivity contribution in [3.63, 3.8) is 0 Å². The molecule has 1 aromatic heterocycles. The lowest BCUT2D eigenvalue weighted by molar-refractivity contribution is 1.26. The first-order chi connectivity index (χ1) is 4.74. The van der Waals surface area contributed by atoms with Crippen molar-refractivity contribution in [1.29, 1.82) is 0 Å². The van der Waals surface area contributed by atoms with Crippen LogP contribution in [0.4, 0.5) is 5.82 Å². The standard InChI is InChI=1S/C6H6Br2N2.BrH/c7-2-4-1-6(9)10-3-5(4)8;/h1,3H,2H2,(H2,9,10);1H. The Kier molecular flexibility index (Phi) is 5.29.